The molecule has 1 aliphatic rings. The molecule has 4 heteroatoms. The van der Waals surface area contributed by atoms with Crippen molar-refractivity contribution in [2.24, 2.45) is 5.92 Å². The topological polar surface area (TPSA) is 44.8 Å². The minimum Gasteiger partial charge on any atom is -0.497 e. The van der Waals surface area contributed by atoms with Crippen LogP contribution in [0, 0.1) is 5.92 Å². The van der Waals surface area contributed by atoms with Crippen molar-refractivity contribution < 1.29 is 19.0 Å². The second-order valence-corrected chi connectivity index (χ2v) is 4.45. The molecule has 0 spiro atoms. The lowest BCUT2D eigenvalue weighted by molar-refractivity contribution is -0.143. The summed E-state index contributed by atoms with van der Waals surface area (Å²) in [6, 6.07) is 5.53. The van der Waals surface area contributed by atoms with Gasteiger partial charge in [-0.1, -0.05) is 6.07 Å². The fourth-order valence-electron chi connectivity index (χ4n) is 2.21. The number of carbonyl (C=O) groups is 1. The van der Waals surface area contributed by atoms with Gasteiger partial charge in [-0.15, -0.1) is 0 Å². The molecule has 0 heterocycles. The molecule has 2 rings (SSSR count). The average molecular weight is 250 g/mol. The molecule has 1 aromatic rings. The van der Waals surface area contributed by atoms with Crippen molar-refractivity contribution in [3.8, 4) is 11.5 Å². The largest absolute Gasteiger partial charge is 0.497 e. The first-order valence-corrected chi connectivity index (χ1v) is 6.01. The van der Waals surface area contributed by atoms with Crippen LogP contribution in [-0.4, -0.2) is 27.3 Å². The Morgan fingerprint density at radius 3 is 2.44 bits per heavy atom. The summed E-state index contributed by atoms with van der Waals surface area (Å²) in [5.74, 6) is 1.35. The molecule has 98 valence electrons. The van der Waals surface area contributed by atoms with E-state index in [4.69, 9.17) is 14.2 Å². The first-order chi connectivity index (χ1) is 8.71. The van der Waals surface area contributed by atoms with Crippen LogP contribution in [0.1, 0.15) is 24.3 Å². The van der Waals surface area contributed by atoms with E-state index in [0.717, 1.165) is 24.2 Å². The molecule has 1 aromatic carbocycles. The predicted molar refractivity (Wildman–Crippen MR) is 67.0 cm³/mol. The van der Waals surface area contributed by atoms with E-state index < -0.39 is 0 Å². The van der Waals surface area contributed by atoms with Crippen molar-refractivity contribution >= 4 is 5.97 Å². The molecule has 0 bridgehead atoms. The SMILES string of the molecule is COC(=O)C(c1ccc(OC)cc1OC)C1CC1. The van der Waals surface area contributed by atoms with Crippen LogP contribution < -0.4 is 9.47 Å². The molecule has 1 aliphatic carbocycles. The average Bonchev–Trinajstić information content (AvgIpc) is 3.23. The summed E-state index contributed by atoms with van der Waals surface area (Å²) in [5.41, 5.74) is 0.882. The summed E-state index contributed by atoms with van der Waals surface area (Å²) in [6.45, 7) is 0. The van der Waals surface area contributed by atoms with Gasteiger partial charge in [0.1, 0.15) is 11.5 Å². The fraction of sp³-hybridized carbons (Fsp3) is 0.500. The lowest BCUT2D eigenvalue weighted by atomic mass is 9.93. The smallest absolute Gasteiger partial charge is 0.313 e. The maximum absolute atomic E-state index is 11.9. The van der Waals surface area contributed by atoms with Crippen LogP contribution in [0.4, 0.5) is 0 Å². The first-order valence-electron chi connectivity index (χ1n) is 6.01. The Balaban J connectivity index is 2.37. The van der Waals surface area contributed by atoms with Gasteiger partial charge in [0.05, 0.1) is 27.2 Å². The third-order valence-electron chi connectivity index (χ3n) is 3.32. The maximum atomic E-state index is 11.9. The fourth-order valence-corrected chi connectivity index (χ4v) is 2.21. The predicted octanol–water partition coefficient (Wildman–Crippen LogP) is 2.37. The van der Waals surface area contributed by atoms with Crippen molar-refractivity contribution in [1.82, 2.24) is 0 Å². The van der Waals surface area contributed by atoms with Gasteiger partial charge in [0, 0.05) is 11.6 Å². The van der Waals surface area contributed by atoms with Crippen LogP contribution in [0.5, 0.6) is 11.5 Å². The van der Waals surface area contributed by atoms with Gasteiger partial charge < -0.3 is 14.2 Å². The third-order valence-corrected chi connectivity index (χ3v) is 3.32. The van der Waals surface area contributed by atoms with Crippen LogP contribution in [0.3, 0.4) is 0 Å². The van der Waals surface area contributed by atoms with E-state index in [1.54, 1.807) is 20.3 Å². The van der Waals surface area contributed by atoms with Crippen molar-refractivity contribution in [2.45, 2.75) is 18.8 Å². The van der Waals surface area contributed by atoms with E-state index in [1.807, 2.05) is 12.1 Å². The van der Waals surface area contributed by atoms with Gasteiger partial charge in [-0.2, -0.15) is 0 Å². The standard InChI is InChI=1S/C14H18O4/c1-16-10-6-7-11(12(8-10)17-2)13(9-4-5-9)14(15)18-3/h6-9,13H,4-5H2,1-3H3. The zero-order valence-electron chi connectivity index (χ0n) is 10.9. The molecule has 0 saturated heterocycles. The molecule has 18 heavy (non-hydrogen) atoms. The van der Waals surface area contributed by atoms with Gasteiger partial charge in [-0.25, -0.2) is 0 Å². The summed E-state index contributed by atoms with van der Waals surface area (Å²) in [4.78, 5) is 11.9. The molecule has 1 atom stereocenters. The van der Waals surface area contributed by atoms with Crippen molar-refractivity contribution in [1.29, 1.82) is 0 Å². The minimum atomic E-state index is -0.226. The second-order valence-electron chi connectivity index (χ2n) is 4.45. The molecular formula is C14H18O4. The number of carbonyl (C=O) groups excluding carboxylic acids is 1. The van der Waals surface area contributed by atoms with E-state index in [0.29, 0.717) is 11.7 Å². The first kappa shape index (κ1) is 12.7. The van der Waals surface area contributed by atoms with Gasteiger partial charge in [0.15, 0.2) is 0 Å². The number of benzene rings is 1. The second kappa shape index (κ2) is 5.29. The maximum Gasteiger partial charge on any atom is 0.313 e. The molecule has 0 aromatic heterocycles. The zero-order valence-corrected chi connectivity index (χ0v) is 10.9. The highest BCUT2D eigenvalue weighted by Gasteiger charge is 2.39. The van der Waals surface area contributed by atoms with E-state index in [2.05, 4.69) is 0 Å². The minimum absolute atomic E-state index is 0.194. The number of hydrogen-bond donors (Lipinski definition) is 0. The highest BCUT2D eigenvalue weighted by atomic mass is 16.5. The highest BCUT2D eigenvalue weighted by Crippen LogP contribution is 2.46. The van der Waals surface area contributed by atoms with Gasteiger partial charge in [0.25, 0.3) is 0 Å². The molecule has 0 amide bonds. The summed E-state index contributed by atoms with van der Waals surface area (Å²) in [7, 11) is 4.63. The Kier molecular flexibility index (Phi) is 3.75. The Morgan fingerprint density at radius 2 is 1.94 bits per heavy atom. The van der Waals surface area contributed by atoms with Crippen LogP contribution in [-0.2, 0) is 9.53 Å². The lowest BCUT2D eigenvalue weighted by Crippen LogP contribution is -2.17. The molecule has 0 radical (unpaired) electrons. The van der Waals surface area contributed by atoms with Crippen molar-refractivity contribution in [3.05, 3.63) is 23.8 Å². The summed E-state index contributed by atoms with van der Waals surface area (Å²) in [6.07, 6.45) is 2.13. The molecular weight excluding hydrogens is 232 g/mol. The highest BCUT2D eigenvalue weighted by molar-refractivity contribution is 5.80. The summed E-state index contributed by atoms with van der Waals surface area (Å²) >= 11 is 0. The van der Waals surface area contributed by atoms with Gasteiger partial charge in [-0.05, 0) is 24.8 Å². The molecule has 1 unspecified atom stereocenters. The van der Waals surface area contributed by atoms with E-state index in [1.165, 1.54) is 7.11 Å². The Morgan fingerprint density at radius 1 is 1.22 bits per heavy atom. The van der Waals surface area contributed by atoms with Crippen LogP contribution in [0.15, 0.2) is 18.2 Å². The van der Waals surface area contributed by atoms with Crippen molar-refractivity contribution in [2.75, 3.05) is 21.3 Å². The third kappa shape index (κ3) is 2.42. The monoisotopic (exact) mass is 250 g/mol. The lowest BCUT2D eigenvalue weighted by Gasteiger charge is -2.18. The Bertz CT molecular complexity index is 437. The Hall–Kier alpha value is -1.71. The normalized spacial score (nSPS) is 15.9. The van der Waals surface area contributed by atoms with E-state index in [-0.39, 0.29) is 11.9 Å². The van der Waals surface area contributed by atoms with E-state index >= 15 is 0 Å². The van der Waals surface area contributed by atoms with Gasteiger partial charge in [0.2, 0.25) is 0 Å². The quantitative estimate of drug-likeness (QED) is 0.753. The van der Waals surface area contributed by atoms with E-state index in [9.17, 15) is 4.79 Å². The van der Waals surface area contributed by atoms with Gasteiger partial charge in [-0.3, -0.25) is 4.79 Å². The van der Waals surface area contributed by atoms with Crippen LogP contribution in [0.2, 0.25) is 0 Å². The number of ether oxygens (including phenoxy) is 3. The molecule has 0 aliphatic heterocycles. The zero-order chi connectivity index (χ0) is 13.1. The number of methoxy groups -OCH3 is 3. The van der Waals surface area contributed by atoms with Crippen molar-refractivity contribution in [3.63, 3.8) is 0 Å². The number of hydrogen-bond acceptors (Lipinski definition) is 4. The Labute approximate surface area is 107 Å². The van der Waals surface area contributed by atoms with Crippen LogP contribution in [0.25, 0.3) is 0 Å². The molecule has 1 saturated carbocycles. The summed E-state index contributed by atoms with van der Waals surface area (Å²) in [5, 5.41) is 0. The number of esters is 1. The number of rotatable bonds is 5. The molecule has 4 nitrogen and oxygen atoms in total. The van der Waals surface area contributed by atoms with Crippen LogP contribution >= 0.6 is 0 Å². The van der Waals surface area contributed by atoms with Gasteiger partial charge >= 0.3 is 5.97 Å². The molecule has 1 fully saturated rings. The molecule has 0 N–H and O–H groups in total. The summed E-state index contributed by atoms with van der Waals surface area (Å²) < 4.78 is 15.4.